The average molecular weight is 357 g/mol. The van der Waals surface area contributed by atoms with Gasteiger partial charge in [-0.25, -0.2) is 8.78 Å². The lowest BCUT2D eigenvalue weighted by atomic mass is 9.96. The van der Waals surface area contributed by atoms with Crippen molar-refractivity contribution in [1.82, 2.24) is 4.98 Å². The fraction of sp³-hybridized carbons (Fsp3) is 0.286. The summed E-state index contributed by atoms with van der Waals surface area (Å²) in [6, 6.07) is 9.31. The molecule has 3 rings (SSSR count). The van der Waals surface area contributed by atoms with Gasteiger partial charge in [-0.2, -0.15) is 0 Å². The summed E-state index contributed by atoms with van der Waals surface area (Å²) in [5, 5.41) is 0.852. The number of aromatic nitrogens is 1. The van der Waals surface area contributed by atoms with E-state index in [0.717, 1.165) is 34.5 Å². The molecule has 3 aromatic rings. The van der Waals surface area contributed by atoms with Gasteiger partial charge in [0, 0.05) is 29.1 Å². The quantitative estimate of drug-likeness (QED) is 0.601. The number of carbonyl (C=O) groups excluding carboxylic acids is 1. The zero-order chi connectivity index (χ0) is 18.8. The second-order valence-electron chi connectivity index (χ2n) is 6.65. The smallest absolute Gasteiger partial charge is 0.165 e. The van der Waals surface area contributed by atoms with Gasteiger partial charge < -0.3 is 9.72 Å². The number of hydrogen-bond acceptors (Lipinski definition) is 2. The van der Waals surface area contributed by atoms with Crippen molar-refractivity contribution in [3.05, 3.63) is 64.9 Å². The van der Waals surface area contributed by atoms with Crippen molar-refractivity contribution in [2.45, 2.75) is 32.6 Å². The summed E-state index contributed by atoms with van der Waals surface area (Å²) in [6.07, 6.45) is 0.584. The summed E-state index contributed by atoms with van der Waals surface area (Å²) in [7, 11) is 1.60. The van der Waals surface area contributed by atoms with Crippen molar-refractivity contribution < 1.29 is 18.3 Å². The van der Waals surface area contributed by atoms with Gasteiger partial charge in [0.1, 0.15) is 5.75 Å². The van der Waals surface area contributed by atoms with Gasteiger partial charge in [-0.05, 0) is 42.2 Å². The van der Waals surface area contributed by atoms with E-state index in [0.29, 0.717) is 17.5 Å². The number of hydrogen-bond donors (Lipinski definition) is 1. The van der Waals surface area contributed by atoms with Crippen LogP contribution < -0.4 is 4.74 Å². The number of halogens is 2. The van der Waals surface area contributed by atoms with Crippen LogP contribution in [0.2, 0.25) is 0 Å². The third kappa shape index (κ3) is 3.47. The van der Waals surface area contributed by atoms with E-state index in [9.17, 15) is 13.6 Å². The largest absolute Gasteiger partial charge is 0.497 e. The summed E-state index contributed by atoms with van der Waals surface area (Å²) in [6.45, 7) is 4.04. The number of Topliss-reactive ketones (excluding diaryl/α,β-unsaturated/α-hetero) is 1. The molecule has 0 saturated heterocycles. The standard InChI is InChI=1S/C21H21F2NO2/c1-12(2)21-20(15-7-6-14(26-3)11-18(15)24-21)19(25)9-5-13-4-8-16(22)17(23)10-13/h4,6-8,10-12,24H,5,9H2,1-3H3. The summed E-state index contributed by atoms with van der Waals surface area (Å²) in [5.74, 6) is -0.926. The predicted molar refractivity (Wildman–Crippen MR) is 97.9 cm³/mol. The van der Waals surface area contributed by atoms with E-state index < -0.39 is 11.6 Å². The van der Waals surface area contributed by atoms with Crippen molar-refractivity contribution >= 4 is 16.7 Å². The van der Waals surface area contributed by atoms with Crippen molar-refractivity contribution in [2.75, 3.05) is 7.11 Å². The maximum Gasteiger partial charge on any atom is 0.165 e. The minimum atomic E-state index is -0.892. The zero-order valence-corrected chi connectivity index (χ0v) is 15.0. The van der Waals surface area contributed by atoms with Gasteiger partial charge in [-0.1, -0.05) is 19.9 Å². The minimum Gasteiger partial charge on any atom is -0.497 e. The van der Waals surface area contributed by atoms with Crippen LogP contribution in [0.1, 0.15) is 47.8 Å². The second kappa shape index (κ2) is 7.28. The molecule has 5 heteroatoms. The normalized spacial score (nSPS) is 11.3. The third-order valence-electron chi connectivity index (χ3n) is 4.52. The number of aryl methyl sites for hydroxylation is 1. The van der Waals surface area contributed by atoms with E-state index in [2.05, 4.69) is 4.98 Å². The van der Waals surface area contributed by atoms with Crippen LogP contribution in [0, 0.1) is 11.6 Å². The molecule has 0 aliphatic carbocycles. The Morgan fingerprint density at radius 1 is 1.12 bits per heavy atom. The number of fused-ring (bicyclic) bond motifs is 1. The molecule has 0 fully saturated rings. The summed E-state index contributed by atoms with van der Waals surface area (Å²) < 4.78 is 31.6. The Morgan fingerprint density at radius 3 is 2.54 bits per heavy atom. The van der Waals surface area contributed by atoms with Crippen LogP contribution in [-0.4, -0.2) is 17.9 Å². The molecule has 0 aliphatic rings. The van der Waals surface area contributed by atoms with Crippen LogP contribution in [0.25, 0.3) is 10.9 Å². The van der Waals surface area contributed by atoms with Crippen LogP contribution in [0.15, 0.2) is 36.4 Å². The Bertz CT molecular complexity index is 960. The molecule has 0 amide bonds. The van der Waals surface area contributed by atoms with E-state index in [-0.39, 0.29) is 18.1 Å². The van der Waals surface area contributed by atoms with Crippen LogP contribution >= 0.6 is 0 Å². The van der Waals surface area contributed by atoms with Gasteiger partial charge in [0.05, 0.1) is 12.6 Å². The van der Waals surface area contributed by atoms with Gasteiger partial charge >= 0.3 is 0 Å². The molecule has 0 radical (unpaired) electrons. The first-order valence-electron chi connectivity index (χ1n) is 8.57. The van der Waals surface area contributed by atoms with Gasteiger partial charge in [0.25, 0.3) is 0 Å². The van der Waals surface area contributed by atoms with E-state index in [1.54, 1.807) is 7.11 Å². The Labute approximate surface area is 151 Å². The first-order valence-corrected chi connectivity index (χ1v) is 8.57. The number of methoxy groups -OCH3 is 1. The van der Waals surface area contributed by atoms with Gasteiger partial charge in [-0.3, -0.25) is 4.79 Å². The summed E-state index contributed by atoms with van der Waals surface area (Å²) >= 11 is 0. The lowest BCUT2D eigenvalue weighted by Gasteiger charge is -2.08. The number of H-pyrrole nitrogens is 1. The molecule has 3 nitrogen and oxygen atoms in total. The van der Waals surface area contributed by atoms with Gasteiger partial charge in [0.15, 0.2) is 17.4 Å². The summed E-state index contributed by atoms with van der Waals surface area (Å²) in [4.78, 5) is 16.2. The first-order chi connectivity index (χ1) is 12.4. The molecule has 0 bridgehead atoms. The number of rotatable bonds is 6. The number of nitrogens with one attached hydrogen (secondary N) is 1. The molecule has 1 heterocycles. The molecular weight excluding hydrogens is 336 g/mol. The monoisotopic (exact) mass is 357 g/mol. The molecule has 1 N–H and O–H groups in total. The topological polar surface area (TPSA) is 42.1 Å². The molecular formula is C21H21F2NO2. The van der Waals surface area contributed by atoms with E-state index in [4.69, 9.17) is 4.74 Å². The van der Waals surface area contributed by atoms with Crippen molar-refractivity contribution in [1.29, 1.82) is 0 Å². The zero-order valence-electron chi connectivity index (χ0n) is 15.0. The highest BCUT2D eigenvalue weighted by Crippen LogP contribution is 2.31. The fourth-order valence-corrected chi connectivity index (χ4v) is 3.14. The maximum absolute atomic E-state index is 13.3. The number of aromatic amines is 1. The SMILES string of the molecule is COc1ccc2c(C(=O)CCc3ccc(F)c(F)c3)c(C(C)C)[nH]c2c1. The highest BCUT2D eigenvalue weighted by Gasteiger charge is 2.20. The predicted octanol–water partition coefficient (Wildman–Crippen LogP) is 5.39. The van der Waals surface area contributed by atoms with Crippen molar-refractivity contribution in [3.63, 3.8) is 0 Å². The highest BCUT2D eigenvalue weighted by molar-refractivity contribution is 6.09. The van der Waals surface area contributed by atoms with Crippen LogP contribution in [0.5, 0.6) is 5.75 Å². The lowest BCUT2D eigenvalue weighted by Crippen LogP contribution is -2.05. The first kappa shape index (κ1) is 18.1. The Hall–Kier alpha value is -2.69. The second-order valence-corrected chi connectivity index (χ2v) is 6.65. The third-order valence-corrected chi connectivity index (χ3v) is 4.52. The fourth-order valence-electron chi connectivity index (χ4n) is 3.14. The molecule has 0 spiro atoms. The number of benzene rings is 2. The highest BCUT2D eigenvalue weighted by atomic mass is 19.2. The molecule has 0 saturated carbocycles. The number of carbonyl (C=O) groups is 1. The maximum atomic E-state index is 13.3. The van der Waals surface area contributed by atoms with Gasteiger partial charge in [0.2, 0.25) is 0 Å². The Balaban J connectivity index is 1.91. The lowest BCUT2D eigenvalue weighted by molar-refractivity contribution is 0.0983. The van der Waals surface area contributed by atoms with E-state index >= 15 is 0 Å². The van der Waals surface area contributed by atoms with Crippen LogP contribution in [-0.2, 0) is 6.42 Å². The van der Waals surface area contributed by atoms with Crippen molar-refractivity contribution in [2.24, 2.45) is 0 Å². The summed E-state index contributed by atoms with van der Waals surface area (Å²) in [5.41, 5.74) is 3.00. The molecule has 0 aliphatic heterocycles. The molecule has 136 valence electrons. The number of ether oxygens (including phenoxy) is 1. The molecule has 2 aromatic carbocycles. The molecule has 1 aromatic heterocycles. The van der Waals surface area contributed by atoms with Gasteiger partial charge in [-0.15, -0.1) is 0 Å². The minimum absolute atomic E-state index is 0.0187. The molecule has 0 atom stereocenters. The molecule has 26 heavy (non-hydrogen) atoms. The van der Waals surface area contributed by atoms with Crippen LogP contribution in [0.4, 0.5) is 8.78 Å². The van der Waals surface area contributed by atoms with Crippen LogP contribution in [0.3, 0.4) is 0 Å². The average Bonchev–Trinajstić information content (AvgIpc) is 3.01. The Kier molecular flexibility index (Phi) is 5.07. The van der Waals surface area contributed by atoms with Crippen molar-refractivity contribution in [3.8, 4) is 5.75 Å². The Morgan fingerprint density at radius 2 is 1.88 bits per heavy atom. The molecule has 0 unspecified atom stereocenters. The number of ketones is 1. The van der Waals surface area contributed by atoms with E-state index in [1.807, 2.05) is 32.0 Å². The van der Waals surface area contributed by atoms with E-state index in [1.165, 1.54) is 6.07 Å².